The summed E-state index contributed by atoms with van der Waals surface area (Å²) in [6.45, 7) is 1.85. The first-order valence-electron chi connectivity index (χ1n) is 2.51. The number of aliphatic hydroxyl groups is 1. The van der Waals surface area contributed by atoms with Crippen molar-refractivity contribution in [1.29, 1.82) is 5.26 Å². The highest BCUT2D eigenvalue weighted by atomic mass is 16.2. The van der Waals surface area contributed by atoms with Gasteiger partial charge in [0.15, 0.2) is 0 Å². The number of hydrogen-bond acceptors (Lipinski definition) is 2. The van der Waals surface area contributed by atoms with Gasteiger partial charge in [-0.3, -0.25) is 0 Å². The van der Waals surface area contributed by atoms with E-state index in [2.05, 4.69) is 0 Å². The second kappa shape index (κ2) is 4.35. The number of nitriles is 1. The Bertz CT molecular complexity index is 121. The quantitative estimate of drug-likeness (QED) is 0.536. The maximum absolute atomic E-state index is 8.31. The molecule has 0 rings (SSSR count). The van der Waals surface area contributed by atoms with Gasteiger partial charge in [-0.15, -0.1) is 0 Å². The van der Waals surface area contributed by atoms with Crippen LogP contribution in [0.3, 0.4) is 0 Å². The molecule has 0 fully saturated rings. The predicted octanol–water partition coefficient (Wildman–Crippen LogP) is 0.839. The van der Waals surface area contributed by atoms with E-state index in [-0.39, 0.29) is 6.61 Å². The first kappa shape index (κ1) is 7.19. The van der Waals surface area contributed by atoms with E-state index in [0.29, 0.717) is 12.0 Å². The van der Waals surface area contributed by atoms with Crippen LogP contribution in [-0.4, -0.2) is 11.7 Å². The topological polar surface area (TPSA) is 44.0 Å². The predicted molar refractivity (Wildman–Crippen MR) is 31.1 cm³/mol. The summed E-state index contributed by atoms with van der Waals surface area (Å²) >= 11 is 0. The lowest BCUT2D eigenvalue weighted by Gasteiger charge is -1.87. The highest BCUT2D eigenvalue weighted by molar-refractivity contribution is 5.18. The Morgan fingerprint density at radius 2 is 2.50 bits per heavy atom. The average molecular weight is 111 g/mol. The number of allylic oxidation sites excluding steroid dienone is 1. The number of rotatable bonds is 2. The molecule has 44 valence electrons. The Morgan fingerprint density at radius 3 is 2.62 bits per heavy atom. The van der Waals surface area contributed by atoms with Gasteiger partial charge in [0.1, 0.15) is 0 Å². The fourth-order valence-electron chi connectivity index (χ4n) is 0.385. The molecule has 2 nitrogen and oxygen atoms in total. The van der Waals surface area contributed by atoms with E-state index >= 15 is 0 Å². The van der Waals surface area contributed by atoms with Crippen molar-refractivity contribution in [3.63, 3.8) is 0 Å². The molecule has 0 radical (unpaired) electrons. The van der Waals surface area contributed by atoms with Gasteiger partial charge >= 0.3 is 0 Å². The van der Waals surface area contributed by atoms with Gasteiger partial charge in [-0.05, 0) is 6.92 Å². The van der Waals surface area contributed by atoms with Crippen molar-refractivity contribution < 1.29 is 5.11 Å². The lowest BCUT2D eigenvalue weighted by Crippen LogP contribution is -1.83. The van der Waals surface area contributed by atoms with Crippen molar-refractivity contribution in [2.24, 2.45) is 0 Å². The highest BCUT2D eigenvalue weighted by Gasteiger charge is 1.88. The van der Waals surface area contributed by atoms with E-state index in [1.54, 1.807) is 13.0 Å². The van der Waals surface area contributed by atoms with E-state index in [1.807, 2.05) is 6.07 Å². The normalized spacial score (nSPS) is 10.9. The summed E-state index contributed by atoms with van der Waals surface area (Å²) in [6.07, 6.45) is 2.18. The van der Waals surface area contributed by atoms with Crippen LogP contribution in [-0.2, 0) is 0 Å². The molecule has 0 bridgehead atoms. The molecule has 0 amide bonds. The molecule has 8 heavy (non-hydrogen) atoms. The summed E-state index contributed by atoms with van der Waals surface area (Å²) in [6, 6.07) is 1.95. The van der Waals surface area contributed by atoms with Crippen LogP contribution < -0.4 is 0 Å². The van der Waals surface area contributed by atoms with Gasteiger partial charge in [0.25, 0.3) is 0 Å². The molecule has 0 aliphatic carbocycles. The van der Waals surface area contributed by atoms with Gasteiger partial charge < -0.3 is 5.11 Å². The molecule has 0 unspecified atom stereocenters. The molecule has 0 aromatic rings. The summed E-state index contributed by atoms with van der Waals surface area (Å²) < 4.78 is 0. The van der Waals surface area contributed by atoms with Crippen LogP contribution in [0.25, 0.3) is 0 Å². The SMILES string of the molecule is C/C=C(/C#N)CCO. The molecule has 0 spiro atoms. The van der Waals surface area contributed by atoms with Crippen LogP contribution in [0.1, 0.15) is 13.3 Å². The molecule has 0 saturated heterocycles. The van der Waals surface area contributed by atoms with Gasteiger partial charge in [-0.25, -0.2) is 0 Å². The highest BCUT2D eigenvalue weighted by Crippen LogP contribution is 1.95. The zero-order valence-electron chi connectivity index (χ0n) is 4.89. The third kappa shape index (κ3) is 2.38. The molecule has 0 aliphatic rings. The Labute approximate surface area is 49.1 Å². The van der Waals surface area contributed by atoms with Gasteiger partial charge in [0, 0.05) is 18.6 Å². The maximum Gasteiger partial charge on any atom is 0.0944 e. The Kier molecular flexibility index (Phi) is 3.91. The molecular weight excluding hydrogens is 102 g/mol. The minimum absolute atomic E-state index is 0.0627. The number of aliphatic hydroxyl groups excluding tert-OH is 1. The molecule has 0 aromatic heterocycles. The third-order valence-electron chi connectivity index (χ3n) is 0.873. The van der Waals surface area contributed by atoms with Gasteiger partial charge in [-0.2, -0.15) is 5.26 Å². The summed E-state index contributed by atoms with van der Waals surface area (Å²) in [5.74, 6) is 0. The smallest absolute Gasteiger partial charge is 0.0944 e. The van der Waals surface area contributed by atoms with Crippen LogP contribution in [0.15, 0.2) is 11.6 Å². The Morgan fingerprint density at radius 1 is 1.88 bits per heavy atom. The van der Waals surface area contributed by atoms with Crippen LogP contribution >= 0.6 is 0 Å². The monoisotopic (exact) mass is 111 g/mol. The molecule has 0 aromatic carbocycles. The van der Waals surface area contributed by atoms with Gasteiger partial charge in [0.2, 0.25) is 0 Å². The van der Waals surface area contributed by atoms with Crippen molar-refractivity contribution in [2.45, 2.75) is 13.3 Å². The molecule has 2 heteroatoms. The van der Waals surface area contributed by atoms with Gasteiger partial charge in [-0.1, -0.05) is 6.08 Å². The minimum Gasteiger partial charge on any atom is -0.396 e. The van der Waals surface area contributed by atoms with Crippen molar-refractivity contribution in [1.82, 2.24) is 0 Å². The van der Waals surface area contributed by atoms with Crippen LogP contribution in [0, 0.1) is 11.3 Å². The molecule has 0 saturated carbocycles. The number of nitrogens with zero attached hydrogens (tertiary/aromatic N) is 1. The standard InChI is InChI=1S/C6H9NO/c1-2-6(5-7)3-4-8/h2,8H,3-4H2,1H3/b6-2+. The van der Waals surface area contributed by atoms with Crippen molar-refractivity contribution in [3.05, 3.63) is 11.6 Å². The van der Waals surface area contributed by atoms with Crippen LogP contribution in [0.4, 0.5) is 0 Å². The maximum atomic E-state index is 8.31. The molecular formula is C6H9NO. The molecule has 0 atom stereocenters. The zero-order chi connectivity index (χ0) is 6.41. The van der Waals surface area contributed by atoms with Crippen molar-refractivity contribution >= 4 is 0 Å². The van der Waals surface area contributed by atoms with E-state index < -0.39 is 0 Å². The Balaban J connectivity index is 3.60. The molecule has 1 N–H and O–H groups in total. The van der Waals surface area contributed by atoms with Crippen LogP contribution in [0.2, 0.25) is 0 Å². The summed E-state index contributed by atoms with van der Waals surface area (Å²) in [5, 5.41) is 16.5. The first-order valence-corrected chi connectivity index (χ1v) is 2.51. The minimum atomic E-state index is 0.0627. The summed E-state index contributed by atoms with van der Waals surface area (Å²) in [7, 11) is 0. The second-order valence-electron chi connectivity index (χ2n) is 1.40. The fraction of sp³-hybridized carbons (Fsp3) is 0.500. The average Bonchev–Trinajstić information content (AvgIpc) is 1.83. The fourth-order valence-corrected chi connectivity index (χ4v) is 0.385. The second-order valence-corrected chi connectivity index (χ2v) is 1.40. The first-order chi connectivity index (χ1) is 3.85. The number of hydrogen-bond donors (Lipinski definition) is 1. The van der Waals surface area contributed by atoms with Crippen LogP contribution in [0.5, 0.6) is 0 Å². The zero-order valence-corrected chi connectivity index (χ0v) is 4.89. The lowest BCUT2D eigenvalue weighted by atomic mass is 10.2. The molecule has 0 heterocycles. The summed E-state index contributed by atoms with van der Waals surface area (Å²) in [4.78, 5) is 0. The van der Waals surface area contributed by atoms with E-state index in [1.165, 1.54) is 0 Å². The van der Waals surface area contributed by atoms with Crippen molar-refractivity contribution in [2.75, 3.05) is 6.61 Å². The third-order valence-corrected chi connectivity index (χ3v) is 0.873. The molecule has 0 aliphatic heterocycles. The Hall–Kier alpha value is -0.810. The van der Waals surface area contributed by atoms with E-state index in [9.17, 15) is 0 Å². The summed E-state index contributed by atoms with van der Waals surface area (Å²) in [5.41, 5.74) is 0.646. The van der Waals surface area contributed by atoms with E-state index in [0.717, 1.165) is 0 Å². The van der Waals surface area contributed by atoms with Crippen molar-refractivity contribution in [3.8, 4) is 6.07 Å². The van der Waals surface area contributed by atoms with Gasteiger partial charge in [0.05, 0.1) is 6.07 Å². The largest absolute Gasteiger partial charge is 0.396 e. The lowest BCUT2D eigenvalue weighted by molar-refractivity contribution is 0.300. The van der Waals surface area contributed by atoms with E-state index in [4.69, 9.17) is 10.4 Å².